The minimum atomic E-state index is -0.155. The summed E-state index contributed by atoms with van der Waals surface area (Å²) < 4.78 is 4.70. The first-order valence-corrected chi connectivity index (χ1v) is 7.74. The molecule has 1 N–H and O–H groups in total. The highest BCUT2D eigenvalue weighted by atomic mass is 35.5. The van der Waals surface area contributed by atoms with Gasteiger partial charge in [0, 0.05) is 30.7 Å². The van der Waals surface area contributed by atoms with Crippen LogP contribution in [0.15, 0.2) is 18.2 Å². The van der Waals surface area contributed by atoms with Gasteiger partial charge in [0.05, 0.1) is 13.7 Å². The van der Waals surface area contributed by atoms with Crippen molar-refractivity contribution in [3.63, 3.8) is 0 Å². The number of nitrogens with zero attached hydrogens (tertiary/aromatic N) is 1. The molecule has 1 fully saturated rings. The van der Waals surface area contributed by atoms with E-state index in [0.29, 0.717) is 12.6 Å². The summed E-state index contributed by atoms with van der Waals surface area (Å²) in [5.41, 5.74) is 2.37. The quantitative estimate of drug-likeness (QED) is 0.848. The van der Waals surface area contributed by atoms with Gasteiger partial charge in [0.1, 0.15) is 0 Å². The molecule has 0 radical (unpaired) electrons. The Kier molecular flexibility index (Phi) is 6.03. The van der Waals surface area contributed by atoms with Crippen LogP contribution in [0.5, 0.6) is 0 Å². The Morgan fingerprint density at radius 3 is 2.76 bits per heavy atom. The Bertz CT molecular complexity index is 485. The fourth-order valence-corrected chi connectivity index (χ4v) is 2.74. The highest BCUT2D eigenvalue weighted by Crippen LogP contribution is 2.17. The van der Waals surface area contributed by atoms with Gasteiger partial charge in [0.15, 0.2) is 0 Å². The Morgan fingerprint density at radius 2 is 2.14 bits per heavy atom. The van der Waals surface area contributed by atoms with Crippen LogP contribution in [-0.2, 0) is 16.1 Å². The van der Waals surface area contributed by atoms with Crippen LogP contribution in [0.4, 0.5) is 0 Å². The van der Waals surface area contributed by atoms with Gasteiger partial charge in [-0.25, -0.2) is 0 Å². The number of hydrogen-bond acceptors (Lipinski definition) is 4. The number of hydrogen-bond donors (Lipinski definition) is 1. The Labute approximate surface area is 131 Å². The fourth-order valence-electron chi connectivity index (χ4n) is 2.62. The molecule has 0 aromatic heterocycles. The molecule has 2 rings (SSSR count). The minimum Gasteiger partial charge on any atom is -0.468 e. The van der Waals surface area contributed by atoms with Gasteiger partial charge in [-0.15, -0.1) is 0 Å². The molecule has 1 aliphatic heterocycles. The highest BCUT2D eigenvalue weighted by Gasteiger charge is 2.20. The van der Waals surface area contributed by atoms with E-state index in [-0.39, 0.29) is 5.97 Å². The van der Waals surface area contributed by atoms with E-state index in [1.54, 1.807) is 0 Å². The van der Waals surface area contributed by atoms with E-state index in [2.05, 4.69) is 22.3 Å². The molecule has 0 atom stereocenters. The first-order valence-electron chi connectivity index (χ1n) is 7.36. The second-order valence-corrected chi connectivity index (χ2v) is 6.00. The van der Waals surface area contributed by atoms with Crippen LogP contribution in [-0.4, -0.2) is 43.7 Å². The Balaban J connectivity index is 1.73. The number of ether oxygens (including phenoxy) is 1. The third-order valence-corrected chi connectivity index (χ3v) is 4.41. The van der Waals surface area contributed by atoms with E-state index in [9.17, 15) is 4.79 Å². The molecule has 1 aliphatic rings. The maximum Gasteiger partial charge on any atom is 0.319 e. The molecule has 0 spiro atoms. The van der Waals surface area contributed by atoms with Crippen LogP contribution in [0.2, 0.25) is 5.02 Å². The molecule has 1 saturated heterocycles. The Hall–Kier alpha value is -1.10. The fraction of sp³-hybridized carbons (Fsp3) is 0.562. The van der Waals surface area contributed by atoms with Gasteiger partial charge in [-0.2, -0.15) is 0 Å². The molecule has 5 heteroatoms. The molecule has 1 aromatic carbocycles. The molecule has 1 aromatic rings. The topological polar surface area (TPSA) is 41.6 Å². The van der Waals surface area contributed by atoms with Gasteiger partial charge in [0.25, 0.3) is 0 Å². The predicted octanol–water partition coefficient (Wildman–Crippen LogP) is 2.38. The molecule has 0 aliphatic carbocycles. The van der Waals surface area contributed by atoms with Crippen LogP contribution < -0.4 is 5.32 Å². The van der Waals surface area contributed by atoms with Gasteiger partial charge in [-0.05, 0) is 37.0 Å². The number of likely N-dealkylation sites (tertiary alicyclic amines) is 1. The maximum absolute atomic E-state index is 11.2. The second kappa shape index (κ2) is 7.78. The summed E-state index contributed by atoms with van der Waals surface area (Å²) in [6.45, 7) is 5.16. The lowest BCUT2D eigenvalue weighted by atomic mass is 10.0. The molecular formula is C16H23ClN2O2. The maximum atomic E-state index is 11.2. The number of carbonyl (C=O) groups excluding carboxylic acids is 1. The third-order valence-electron chi connectivity index (χ3n) is 3.99. The van der Waals surface area contributed by atoms with Crippen LogP contribution >= 0.6 is 11.6 Å². The molecule has 21 heavy (non-hydrogen) atoms. The SMILES string of the molecule is COC(=O)CN1CCC(NCc2ccc(Cl)c(C)c2)CC1. The number of esters is 1. The normalized spacial score (nSPS) is 16.9. The van der Waals surface area contributed by atoms with Crippen molar-refractivity contribution in [3.8, 4) is 0 Å². The number of methoxy groups -OCH3 is 1. The van der Waals surface area contributed by atoms with E-state index < -0.39 is 0 Å². The first kappa shape index (κ1) is 16.3. The zero-order chi connectivity index (χ0) is 15.2. The van der Waals surface area contributed by atoms with E-state index in [1.807, 2.05) is 13.0 Å². The van der Waals surface area contributed by atoms with Crippen LogP contribution in [0.3, 0.4) is 0 Å². The van der Waals surface area contributed by atoms with Crippen LogP contribution in [0, 0.1) is 6.92 Å². The second-order valence-electron chi connectivity index (χ2n) is 5.59. The smallest absolute Gasteiger partial charge is 0.319 e. The summed E-state index contributed by atoms with van der Waals surface area (Å²) in [5, 5.41) is 4.40. The first-order chi connectivity index (χ1) is 10.1. The number of benzene rings is 1. The number of halogens is 1. The lowest BCUT2D eigenvalue weighted by Crippen LogP contribution is -2.44. The number of aryl methyl sites for hydroxylation is 1. The van der Waals surface area contributed by atoms with Crippen molar-refractivity contribution in [3.05, 3.63) is 34.3 Å². The standard InChI is InChI=1S/C16H23ClN2O2/c1-12-9-13(3-4-15(12)17)10-18-14-5-7-19(8-6-14)11-16(20)21-2/h3-4,9,14,18H,5-8,10-11H2,1-2H3. The highest BCUT2D eigenvalue weighted by molar-refractivity contribution is 6.31. The predicted molar refractivity (Wildman–Crippen MR) is 84.5 cm³/mol. The molecule has 1 heterocycles. The average molecular weight is 311 g/mol. The van der Waals surface area contributed by atoms with Gasteiger partial charge in [0.2, 0.25) is 0 Å². The molecule has 116 valence electrons. The molecule has 4 nitrogen and oxygen atoms in total. The minimum absolute atomic E-state index is 0.155. The molecule has 0 saturated carbocycles. The summed E-state index contributed by atoms with van der Waals surface area (Å²) in [6.07, 6.45) is 2.12. The third kappa shape index (κ3) is 4.99. The van der Waals surface area contributed by atoms with Crippen molar-refractivity contribution < 1.29 is 9.53 Å². The van der Waals surface area contributed by atoms with E-state index in [4.69, 9.17) is 16.3 Å². The van der Waals surface area contributed by atoms with Crippen molar-refractivity contribution in [2.75, 3.05) is 26.7 Å². The number of nitrogens with one attached hydrogen (secondary N) is 1. The number of carbonyl (C=O) groups is 1. The van der Waals surface area contributed by atoms with Crippen molar-refractivity contribution >= 4 is 17.6 Å². The van der Waals surface area contributed by atoms with Crippen LogP contribution in [0.1, 0.15) is 24.0 Å². The molecule has 0 amide bonds. The van der Waals surface area contributed by atoms with Crippen molar-refractivity contribution in [1.82, 2.24) is 10.2 Å². The number of rotatable bonds is 5. The summed E-state index contributed by atoms with van der Waals surface area (Å²) in [6, 6.07) is 6.65. The summed E-state index contributed by atoms with van der Waals surface area (Å²) in [4.78, 5) is 13.4. The summed E-state index contributed by atoms with van der Waals surface area (Å²) >= 11 is 6.04. The average Bonchev–Trinajstić information content (AvgIpc) is 2.50. The lowest BCUT2D eigenvalue weighted by molar-refractivity contribution is -0.142. The van der Waals surface area contributed by atoms with E-state index >= 15 is 0 Å². The summed E-state index contributed by atoms with van der Waals surface area (Å²) in [7, 11) is 1.44. The van der Waals surface area contributed by atoms with Gasteiger partial charge in [-0.1, -0.05) is 23.7 Å². The lowest BCUT2D eigenvalue weighted by Gasteiger charge is -2.31. The van der Waals surface area contributed by atoms with Crippen molar-refractivity contribution in [2.45, 2.75) is 32.4 Å². The number of piperidine rings is 1. The zero-order valence-corrected chi connectivity index (χ0v) is 13.4. The zero-order valence-electron chi connectivity index (χ0n) is 12.7. The molecule has 0 unspecified atom stereocenters. The van der Waals surface area contributed by atoms with Gasteiger partial charge >= 0.3 is 5.97 Å². The molecular weight excluding hydrogens is 288 g/mol. The van der Waals surface area contributed by atoms with Gasteiger partial charge in [-0.3, -0.25) is 9.69 Å². The van der Waals surface area contributed by atoms with Gasteiger partial charge < -0.3 is 10.1 Å². The molecule has 0 bridgehead atoms. The van der Waals surface area contributed by atoms with Crippen LogP contribution in [0.25, 0.3) is 0 Å². The van der Waals surface area contributed by atoms with E-state index in [0.717, 1.165) is 43.1 Å². The monoisotopic (exact) mass is 310 g/mol. The van der Waals surface area contributed by atoms with Crippen molar-refractivity contribution in [2.24, 2.45) is 0 Å². The largest absolute Gasteiger partial charge is 0.468 e. The Morgan fingerprint density at radius 1 is 1.43 bits per heavy atom. The van der Waals surface area contributed by atoms with E-state index in [1.165, 1.54) is 12.7 Å². The van der Waals surface area contributed by atoms with Crippen molar-refractivity contribution in [1.29, 1.82) is 0 Å². The summed E-state index contributed by atoms with van der Waals surface area (Å²) in [5.74, 6) is -0.155.